The summed E-state index contributed by atoms with van der Waals surface area (Å²) >= 11 is 0. The fourth-order valence-electron chi connectivity index (χ4n) is 2.91. The molecule has 0 N–H and O–H groups in total. The lowest BCUT2D eigenvalue weighted by molar-refractivity contribution is -0.136. The second-order valence-corrected chi connectivity index (χ2v) is 6.57. The number of hydrogen-bond donors (Lipinski definition) is 0. The number of anilines is 1. The molecule has 2 heterocycles. The summed E-state index contributed by atoms with van der Waals surface area (Å²) in [5, 5.41) is 4.09. The van der Waals surface area contributed by atoms with Gasteiger partial charge in [0.05, 0.1) is 0 Å². The molecule has 0 bridgehead atoms. The first kappa shape index (κ1) is 16.5. The lowest BCUT2D eigenvalue weighted by atomic mass is 9.95. The van der Waals surface area contributed by atoms with Crippen LogP contribution in [0.1, 0.15) is 26.7 Å². The predicted octanol–water partition coefficient (Wildman–Crippen LogP) is 2.82. The van der Waals surface area contributed by atoms with Gasteiger partial charge in [-0.3, -0.25) is 4.79 Å². The standard InChI is InChI=1S/C18H24N4O2/c1-13(2)21(3)17(23)15-9-11-22(12-10-15)18-19-16(24-20-18)14-7-5-4-6-8-14/h4-8,13,15H,9-12H2,1-3H3. The second kappa shape index (κ2) is 7.03. The van der Waals surface area contributed by atoms with Crippen molar-refractivity contribution in [2.24, 2.45) is 5.92 Å². The Kier molecular flexibility index (Phi) is 4.83. The van der Waals surface area contributed by atoms with Crippen molar-refractivity contribution >= 4 is 11.9 Å². The third kappa shape index (κ3) is 3.42. The van der Waals surface area contributed by atoms with E-state index in [9.17, 15) is 4.79 Å². The van der Waals surface area contributed by atoms with Gasteiger partial charge in [0, 0.05) is 37.7 Å². The van der Waals surface area contributed by atoms with Crippen LogP contribution >= 0.6 is 0 Å². The molecule has 1 aromatic carbocycles. The van der Waals surface area contributed by atoms with Crippen molar-refractivity contribution in [2.75, 3.05) is 25.0 Å². The van der Waals surface area contributed by atoms with Gasteiger partial charge in [-0.15, -0.1) is 0 Å². The van der Waals surface area contributed by atoms with E-state index in [-0.39, 0.29) is 17.9 Å². The number of nitrogens with zero attached hydrogens (tertiary/aromatic N) is 4. The van der Waals surface area contributed by atoms with Crippen molar-refractivity contribution in [2.45, 2.75) is 32.7 Å². The van der Waals surface area contributed by atoms with E-state index in [0.29, 0.717) is 11.8 Å². The molecule has 0 radical (unpaired) electrons. The second-order valence-electron chi connectivity index (χ2n) is 6.57. The Labute approximate surface area is 142 Å². The highest BCUT2D eigenvalue weighted by Crippen LogP contribution is 2.25. The first-order valence-corrected chi connectivity index (χ1v) is 8.47. The molecule has 0 aliphatic carbocycles. The van der Waals surface area contributed by atoms with Crippen LogP contribution in [0.25, 0.3) is 11.5 Å². The summed E-state index contributed by atoms with van der Waals surface area (Å²) in [4.78, 5) is 20.8. The van der Waals surface area contributed by atoms with E-state index in [1.54, 1.807) is 0 Å². The molecule has 24 heavy (non-hydrogen) atoms. The van der Waals surface area contributed by atoms with E-state index >= 15 is 0 Å². The van der Waals surface area contributed by atoms with E-state index in [4.69, 9.17) is 4.52 Å². The Morgan fingerprint density at radius 3 is 2.54 bits per heavy atom. The van der Waals surface area contributed by atoms with Crippen LogP contribution < -0.4 is 4.90 Å². The Morgan fingerprint density at radius 2 is 1.92 bits per heavy atom. The Hall–Kier alpha value is -2.37. The van der Waals surface area contributed by atoms with E-state index in [1.165, 1.54) is 0 Å². The quantitative estimate of drug-likeness (QED) is 0.863. The molecule has 1 saturated heterocycles. The molecule has 6 heteroatoms. The number of benzene rings is 1. The summed E-state index contributed by atoms with van der Waals surface area (Å²) in [7, 11) is 1.88. The van der Waals surface area contributed by atoms with Crippen LogP contribution in [-0.4, -0.2) is 47.1 Å². The van der Waals surface area contributed by atoms with Crippen molar-refractivity contribution in [3.8, 4) is 11.5 Å². The van der Waals surface area contributed by atoms with Gasteiger partial charge in [-0.05, 0) is 44.0 Å². The summed E-state index contributed by atoms with van der Waals surface area (Å²) in [6.45, 7) is 5.63. The molecular weight excluding hydrogens is 304 g/mol. The highest BCUT2D eigenvalue weighted by molar-refractivity contribution is 5.79. The maximum absolute atomic E-state index is 12.4. The maximum atomic E-state index is 12.4. The predicted molar refractivity (Wildman–Crippen MR) is 92.6 cm³/mol. The van der Waals surface area contributed by atoms with Crippen LogP contribution in [0.2, 0.25) is 0 Å². The van der Waals surface area contributed by atoms with Crippen LogP contribution in [0, 0.1) is 5.92 Å². The van der Waals surface area contributed by atoms with E-state index in [2.05, 4.69) is 15.0 Å². The van der Waals surface area contributed by atoms with Crippen molar-refractivity contribution in [3.63, 3.8) is 0 Å². The van der Waals surface area contributed by atoms with Gasteiger partial charge < -0.3 is 14.3 Å². The summed E-state index contributed by atoms with van der Waals surface area (Å²) in [5.41, 5.74) is 0.917. The van der Waals surface area contributed by atoms with Crippen LogP contribution in [0.5, 0.6) is 0 Å². The minimum absolute atomic E-state index is 0.0918. The third-order valence-corrected chi connectivity index (χ3v) is 4.69. The Morgan fingerprint density at radius 1 is 1.25 bits per heavy atom. The highest BCUT2D eigenvalue weighted by Gasteiger charge is 2.29. The highest BCUT2D eigenvalue weighted by atomic mass is 16.5. The van der Waals surface area contributed by atoms with Crippen LogP contribution in [0.15, 0.2) is 34.9 Å². The molecule has 3 rings (SSSR count). The van der Waals surface area contributed by atoms with Gasteiger partial charge in [0.1, 0.15) is 0 Å². The third-order valence-electron chi connectivity index (χ3n) is 4.69. The van der Waals surface area contributed by atoms with Crippen LogP contribution in [-0.2, 0) is 4.79 Å². The monoisotopic (exact) mass is 328 g/mol. The lowest BCUT2D eigenvalue weighted by Gasteiger charge is -2.33. The largest absolute Gasteiger partial charge is 0.343 e. The molecule has 1 aliphatic heterocycles. The number of amides is 1. The first-order valence-electron chi connectivity index (χ1n) is 8.47. The number of piperidine rings is 1. The zero-order chi connectivity index (χ0) is 17.1. The molecule has 128 valence electrons. The molecule has 0 spiro atoms. The average Bonchev–Trinajstić information content (AvgIpc) is 3.11. The number of aromatic nitrogens is 2. The molecule has 6 nitrogen and oxygen atoms in total. The molecule has 1 amide bonds. The lowest BCUT2D eigenvalue weighted by Crippen LogP contribution is -2.43. The Bertz CT molecular complexity index is 675. The summed E-state index contributed by atoms with van der Waals surface area (Å²) in [6, 6.07) is 9.98. The fourth-order valence-corrected chi connectivity index (χ4v) is 2.91. The number of hydrogen-bond acceptors (Lipinski definition) is 5. The van der Waals surface area contributed by atoms with E-state index < -0.39 is 0 Å². The minimum atomic E-state index is 0.0918. The zero-order valence-corrected chi connectivity index (χ0v) is 14.5. The molecule has 0 unspecified atom stereocenters. The topological polar surface area (TPSA) is 62.5 Å². The fraction of sp³-hybridized carbons (Fsp3) is 0.500. The molecule has 2 aromatic rings. The van der Waals surface area contributed by atoms with E-state index in [0.717, 1.165) is 31.5 Å². The molecular formula is C18H24N4O2. The van der Waals surface area contributed by atoms with Gasteiger partial charge in [0.2, 0.25) is 5.91 Å². The summed E-state index contributed by atoms with van der Waals surface area (Å²) in [5.74, 6) is 1.47. The van der Waals surface area contributed by atoms with Gasteiger partial charge in [-0.2, -0.15) is 4.98 Å². The molecule has 1 aromatic heterocycles. The van der Waals surface area contributed by atoms with Crippen molar-refractivity contribution in [1.29, 1.82) is 0 Å². The molecule has 0 saturated carbocycles. The van der Waals surface area contributed by atoms with Crippen molar-refractivity contribution in [1.82, 2.24) is 15.0 Å². The maximum Gasteiger partial charge on any atom is 0.266 e. The van der Waals surface area contributed by atoms with Crippen LogP contribution in [0.3, 0.4) is 0 Å². The average molecular weight is 328 g/mol. The van der Waals surface area contributed by atoms with Gasteiger partial charge >= 0.3 is 0 Å². The van der Waals surface area contributed by atoms with Gasteiger partial charge in [0.25, 0.3) is 11.8 Å². The smallest absolute Gasteiger partial charge is 0.266 e. The first-order chi connectivity index (χ1) is 11.6. The number of carbonyl (C=O) groups is 1. The number of rotatable bonds is 4. The van der Waals surface area contributed by atoms with Gasteiger partial charge in [-0.1, -0.05) is 18.2 Å². The van der Waals surface area contributed by atoms with Crippen LogP contribution in [0.4, 0.5) is 5.95 Å². The van der Waals surface area contributed by atoms with Crippen molar-refractivity contribution < 1.29 is 9.32 Å². The normalized spacial score (nSPS) is 15.8. The Balaban J connectivity index is 1.61. The summed E-state index contributed by atoms with van der Waals surface area (Å²) < 4.78 is 5.37. The van der Waals surface area contributed by atoms with Gasteiger partial charge in [-0.25, -0.2) is 0 Å². The zero-order valence-electron chi connectivity index (χ0n) is 14.5. The molecule has 0 atom stereocenters. The van der Waals surface area contributed by atoms with Gasteiger partial charge in [0.15, 0.2) is 0 Å². The van der Waals surface area contributed by atoms with Crippen molar-refractivity contribution in [3.05, 3.63) is 30.3 Å². The summed E-state index contributed by atoms with van der Waals surface area (Å²) in [6.07, 6.45) is 1.65. The molecule has 1 aliphatic rings. The van der Waals surface area contributed by atoms with E-state index in [1.807, 2.05) is 56.1 Å². The minimum Gasteiger partial charge on any atom is -0.343 e. The SMILES string of the molecule is CC(C)N(C)C(=O)C1CCN(c2noc(-c3ccccc3)n2)CC1. The number of carbonyl (C=O) groups excluding carboxylic acids is 1. The molecule has 1 fully saturated rings.